The van der Waals surface area contributed by atoms with Gasteiger partial charge >= 0.3 is 0 Å². The van der Waals surface area contributed by atoms with Crippen molar-refractivity contribution in [3.63, 3.8) is 0 Å². The molecule has 3 rings (SSSR count). The highest BCUT2D eigenvalue weighted by Gasteiger charge is 2.10. The van der Waals surface area contributed by atoms with E-state index in [1.807, 2.05) is 57.2 Å². The molecule has 0 fully saturated rings. The molecule has 0 saturated carbocycles. The SMILES string of the molecule is COc1cc(Nc2cc(C)nc(-c3cccnc3)n2)ccc1OC(C)C. The minimum absolute atomic E-state index is 0.0780. The Morgan fingerprint density at radius 3 is 2.58 bits per heavy atom. The maximum absolute atomic E-state index is 5.75. The van der Waals surface area contributed by atoms with E-state index in [2.05, 4.69) is 20.3 Å². The molecule has 134 valence electrons. The molecule has 0 atom stereocenters. The second kappa shape index (κ2) is 7.82. The first-order valence-electron chi connectivity index (χ1n) is 8.43. The van der Waals surface area contributed by atoms with E-state index in [1.54, 1.807) is 19.5 Å². The maximum atomic E-state index is 5.75. The van der Waals surface area contributed by atoms with E-state index in [9.17, 15) is 0 Å². The molecule has 2 aromatic heterocycles. The van der Waals surface area contributed by atoms with E-state index in [4.69, 9.17) is 9.47 Å². The van der Waals surface area contributed by atoms with Gasteiger partial charge < -0.3 is 14.8 Å². The predicted molar refractivity (Wildman–Crippen MR) is 102 cm³/mol. The zero-order chi connectivity index (χ0) is 18.5. The van der Waals surface area contributed by atoms with E-state index in [0.717, 1.165) is 16.9 Å². The summed E-state index contributed by atoms with van der Waals surface area (Å²) in [5.74, 6) is 2.72. The van der Waals surface area contributed by atoms with Crippen molar-refractivity contribution in [1.29, 1.82) is 0 Å². The highest BCUT2D eigenvalue weighted by atomic mass is 16.5. The van der Waals surface area contributed by atoms with Gasteiger partial charge in [0.2, 0.25) is 0 Å². The van der Waals surface area contributed by atoms with Gasteiger partial charge in [0.1, 0.15) is 5.82 Å². The van der Waals surface area contributed by atoms with Crippen molar-refractivity contribution in [2.45, 2.75) is 26.9 Å². The van der Waals surface area contributed by atoms with Crippen molar-refractivity contribution in [2.75, 3.05) is 12.4 Å². The van der Waals surface area contributed by atoms with Crippen LogP contribution in [0.15, 0.2) is 48.8 Å². The Labute approximate surface area is 153 Å². The van der Waals surface area contributed by atoms with Crippen LogP contribution >= 0.6 is 0 Å². The van der Waals surface area contributed by atoms with E-state index in [0.29, 0.717) is 23.1 Å². The molecule has 2 heterocycles. The van der Waals surface area contributed by atoms with Crippen LogP contribution in [-0.4, -0.2) is 28.2 Å². The largest absolute Gasteiger partial charge is 0.493 e. The Bertz CT molecular complexity index is 882. The van der Waals surface area contributed by atoms with Gasteiger partial charge in [-0.25, -0.2) is 9.97 Å². The fourth-order valence-corrected chi connectivity index (χ4v) is 2.50. The lowest BCUT2D eigenvalue weighted by atomic mass is 10.2. The minimum Gasteiger partial charge on any atom is -0.493 e. The Morgan fingerprint density at radius 2 is 1.88 bits per heavy atom. The number of methoxy groups -OCH3 is 1. The highest BCUT2D eigenvalue weighted by Crippen LogP contribution is 2.32. The Hall–Kier alpha value is -3.15. The molecule has 0 aliphatic rings. The predicted octanol–water partition coefficient (Wildman–Crippen LogP) is 4.39. The van der Waals surface area contributed by atoms with Gasteiger partial charge in [-0.1, -0.05) is 0 Å². The van der Waals surface area contributed by atoms with Gasteiger partial charge in [-0.3, -0.25) is 4.98 Å². The third-order valence-corrected chi connectivity index (χ3v) is 3.57. The molecule has 0 unspecified atom stereocenters. The smallest absolute Gasteiger partial charge is 0.163 e. The number of rotatable bonds is 6. The monoisotopic (exact) mass is 350 g/mol. The molecular weight excluding hydrogens is 328 g/mol. The van der Waals surface area contributed by atoms with E-state index >= 15 is 0 Å². The average Bonchev–Trinajstić information content (AvgIpc) is 2.63. The number of aryl methyl sites for hydroxylation is 1. The molecule has 0 radical (unpaired) electrons. The highest BCUT2D eigenvalue weighted by molar-refractivity contribution is 5.64. The summed E-state index contributed by atoms with van der Waals surface area (Å²) in [6, 6.07) is 11.4. The quantitative estimate of drug-likeness (QED) is 0.711. The first-order chi connectivity index (χ1) is 12.5. The molecule has 0 spiro atoms. The zero-order valence-electron chi connectivity index (χ0n) is 15.4. The fraction of sp³-hybridized carbons (Fsp3) is 0.250. The average molecular weight is 350 g/mol. The number of hydrogen-bond acceptors (Lipinski definition) is 6. The molecule has 1 aromatic carbocycles. The third kappa shape index (κ3) is 4.27. The summed E-state index contributed by atoms with van der Waals surface area (Å²) in [6.45, 7) is 5.90. The number of aromatic nitrogens is 3. The molecule has 0 amide bonds. The van der Waals surface area contributed by atoms with Crippen LogP contribution in [0.1, 0.15) is 19.5 Å². The molecule has 1 N–H and O–H groups in total. The van der Waals surface area contributed by atoms with Crippen molar-refractivity contribution in [3.8, 4) is 22.9 Å². The maximum Gasteiger partial charge on any atom is 0.163 e. The lowest BCUT2D eigenvalue weighted by Crippen LogP contribution is -2.07. The van der Waals surface area contributed by atoms with Crippen molar-refractivity contribution in [1.82, 2.24) is 15.0 Å². The molecule has 26 heavy (non-hydrogen) atoms. The second-order valence-electron chi connectivity index (χ2n) is 6.12. The van der Waals surface area contributed by atoms with Crippen LogP contribution in [0.4, 0.5) is 11.5 Å². The normalized spacial score (nSPS) is 10.7. The van der Waals surface area contributed by atoms with Gasteiger partial charge in [-0.05, 0) is 45.0 Å². The number of nitrogens with one attached hydrogen (secondary N) is 1. The van der Waals surface area contributed by atoms with E-state index in [1.165, 1.54) is 0 Å². The Kier molecular flexibility index (Phi) is 5.31. The molecule has 6 heteroatoms. The van der Waals surface area contributed by atoms with Gasteiger partial charge in [0.05, 0.1) is 13.2 Å². The molecule has 0 aliphatic carbocycles. The van der Waals surface area contributed by atoms with Crippen LogP contribution in [0, 0.1) is 6.92 Å². The number of ether oxygens (including phenoxy) is 2. The molecule has 6 nitrogen and oxygen atoms in total. The van der Waals surface area contributed by atoms with Crippen LogP contribution in [0.2, 0.25) is 0 Å². The summed E-state index contributed by atoms with van der Waals surface area (Å²) >= 11 is 0. The van der Waals surface area contributed by atoms with Gasteiger partial charge in [-0.15, -0.1) is 0 Å². The first-order valence-corrected chi connectivity index (χ1v) is 8.43. The number of nitrogens with zero attached hydrogens (tertiary/aromatic N) is 3. The molecule has 3 aromatic rings. The lowest BCUT2D eigenvalue weighted by molar-refractivity contribution is 0.230. The Morgan fingerprint density at radius 1 is 1.04 bits per heavy atom. The fourth-order valence-electron chi connectivity index (χ4n) is 2.50. The third-order valence-electron chi connectivity index (χ3n) is 3.57. The van der Waals surface area contributed by atoms with Crippen molar-refractivity contribution >= 4 is 11.5 Å². The van der Waals surface area contributed by atoms with Crippen molar-refractivity contribution in [3.05, 3.63) is 54.5 Å². The number of pyridine rings is 1. The van der Waals surface area contributed by atoms with E-state index < -0.39 is 0 Å². The second-order valence-corrected chi connectivity index (χ2v) is 6.12. The zero-order valence-corrected chi connectivity index (χ0v) is 15.4. The van der Waals surface area contributed by atoms with E-state index in [-0.39, 0.29) is 6.10 Å². The van der Waals surface area contributed by atoms with Crippen molar-refractivity contribution < 1.29 is 9.47 Å². The summed E-state index contributed by atoms with van der Waals surface area (Å²) in [4.78, 5) is 13.2. The van der Waals surface area contributed by atoms with Crippen molar-refractivity contribution in [2.24, 2.45) is 0 Å². The van der Waals surface area contributed by atoms with Crippen LogP contribution in [0.25, 0.3) is 11.4 Å². The van der Waals surface area contributed by atoms with Gasteiger partial charge in [0, 0.05) is 41.5 Å². The number of hydrogen-bond donors (Lipinski definition) is 1. The minimum atomic E-state index is 0.0780. The summed E-state index contributed by atoms with van der Waals surface area (Å²) in [7, 11) is 1.63. The molecular formula is C20H22N4O2. The Balaban J connectivity index is 1.88. The van der Waals surface area contributed by atoms with Crippen LogP contribution in [0.5, 0.6) is 11.5 Å². The summed E-state index contributed by atoms with van der Waals surface area (Å²) in [5, 5.41) is 3.30. The van der Waals surface area contributed by atoms with Gasteiger partial charge in [0.15, 0.2) is 17.3 Å². The molecule has 0 bridgehead atoms. The molecule has 0 aliphatic heterocycles. The summed E-state index contributed by atoms with van der Waals surface area (Å²) in [5.41, 5.74) is 2.60. The topological polar surface area (TPSA) is 69.2 Å². The first kappa shape index (κ1) is 17.7. The summed E-state index contributed by atoms with van der Waals surface area (Å²) in [6.07, 6.45) is 3.56. The van der Waals surface area contributed by atoms with Gasteiger partial charge in [0.25, 0.3) is 0 Å². The lowest BCUT2D eigenvalue weighted by Gasteiger charge is -2.15. The van der Waals surface area contributed by atoms with Crippen LogP contribution < -0.4 is 14.8 Å². The van der Waals surface area contributed by atoms with Crippen LogP contribution in [-0.2, 0) is 0 Å². The standard InChI is InChI=1S/C20H22N4O2/c1-13(2)26-17-8-7-16(11-18(17)25-4)23-19-10-14(3)22-20(24-19)15-6-5-9-21-12-15/h5-13H,1-4H3,(H,22,23,24). The van der Waals surface area contributed by atoms with Crippen LogP contribution in [0.3, 0.4) is 0 Å². The number of benzene rings is 1. The van der Waals surface area contributed by atoms with Gasteiger partial charge in [-0.2, -0.15) is 0 Å². The molecule has 0 saturated heterocycles. The summed E-state index contributed by atoms with van der Waals surface area (Å²) < 4.78 is 11.2. The number of anilines is 2.